The lowest BCUT2D eigenvalue weighted by atomic mass is 10.1. The van der Waals surface area contributed by atoms with E-state index in [1.54, 1.807) is 11.1 Å². The number of carbonyl (C=O) groups is 1. The van der Waals surface area contributed by atoms with E-state index in [0.717, 1.165) is 24.1 Å². The molecule has 1 N–H and O–H groups in total. The Bertz CT molecular complexity index is 620. The van der Waals surface area contributed by atoms with E-state index in [1.165, 1.54) is 0 Å². The Kier molecular flexibility index (Phi) is 2.98. The van der Waals surface area contributed by atoms with Crippen molar-refractivity contribution in [1.29, 1.82) is 0 Å². The quantitative estimate of drug-likeness (QED) is 0.838. The summed E-state index contributed by atoms with van der Waals surface area (Å²) in [7, 11) is 0. The van der Waals surface area contributed by atoms with Crippen LogP contribution in [0.2, 0.25) is 0 Å². The summed E-state index contributed by atoms with van der Waals surface area (Å²) in [5.74, 6) is -0.0585. The molecule has 3 heterocycles. The third kappa shape index (κ3) is 2.21. The van der Waals surface area contributed by atoms with Gasteiger partial charge in [-0.1, -0.05) is 6.07 Å². The van der Waals surface area contributed by atoms with Gasteiger partial charge >= 0.3 is 0 Å². The maximum absolute atomic E-state index is 12.5. The summed E-state index contributed by atoms with van der Waals surface area (Å²) in [6.45, 7) is 3.10. The average molecular weight is 259 g/mol. The van der Waals surface area contributed by atoms with Gasteiger partial charge in [0.2, 0.25) is 0 Å². The summed E-state index contributed by atoms with van der Waals surface area (Å²) in [4.78, 5) is 18.4. The molecule has 2 aromatic heterocycles. The number of likely N-dealkylation sites (tertiary alicyclic amines) is 1. The number of imidazole rings is 1. The second-order valence-electron chi connectivity index (χ2n) is 5.13. The first-order chi connectivity index (χ1) is 9.15. The maximum Gasteiger partial charge on any atom is 0.272 e. The number of aliphatic hydroxyl groups is 1. The summed E-state index contributed by atoms with van der Waals surface area (Å²) >= 11 is 0. The van der Waals surface area contributed by atoms with Crippen molar-refractivity contribution in [2.45, 2.75) is 25.9 Å². The van der Waals surface area contributed by atoms with Gasteiger partial charge in [0.25, 0.3) is 5.91 Å². The van der Waals surface area contributed by atoms with E-state index in [9.17, 15) is 9.90 Å². The third-order valence-corrected chi connectivity index (χ3v) is 3.56. The van der Waals surface area contributed by atoms with Crippen molar-refractivity contribution < 1.29 is 9.90 Å². The Morgan fingerprint density at radius 2 is 2.32 bits per heavy atom. The van der Waals surface area contributed by atoms with E-state index >= 15 is 0 Å². The second-order valence-corrected chi connectivity index (χ2v) is 5.13. The number of hydrogen-bond acceptors (Lipinski definition) is 3. The predicted molar refractivity (Wildman–Crippen MR) is 71.1 cm³/mol. The fourth-order valence-corrected chi connectivity index (χ4v) is 2.55. The van der Waals surface area contributed by atoms with Crippen LogP contribution in [-0.2, 0) is 0 Å². The van der Waals surface area contributed by atoms with Crippen molar-refractivity contribution in [2.24, 2.45) is 0 Å². The largest absolute Gasteiger partial charge is 0.391 e. The van der Waals surface area contributed by atoms with Crippen LogP contribution in [0.3, 0.4) is 0 Å². The average Bonchev–Trinajstić information content (AvgIpc) is 2.80. The van der Waals surface area contributed by atoms with Crippen molar-refractivity contribution >= 4 is 11.6 Å². The molecule has 1 saturated heterocycles. The van der Waals surface area contributed by atoms with Gasteiger partial charge in [-0.2, -0.15) is 0 Å². The monoisotopic (exact) mass is 259 g/mol. The van der Waals surface area contributed by atoms with E-state index in [4.69, 9.17) is 0 Å². The van der Waals surface area contributed by atoms with Gasteiger partial charge in [0.15, 0.2) is 0 Å². The Morgan fingerprint density at radius 3 is 3.11 bits per heavy atom. The molecule has 0 saturated carbocycles. The topological polar surface area (TPSA) is 57.8 Å². The zero-order valence-electron chi connectivity index (χ0n) is 10.9. The molecule has 1 unspecified atom stereocenters. The van der Waals surface area contributed by atoms with E-state index in [0.29, 0.717) is 18.8 Å². The van der Waals surface area contributed by atoms with Crippen molar-refractivity contribution in [3.05, 3.63) is 35.8 Å². The van der Waals surface area contributed by atoms with Crippen LogP contribution in [0.15, 0.2) is 24.5 Å². The Labute approximate surface area is 111 Å². The third-order valence-electron chi connectivity index (χ3n) is 3.56. The second kappa shape index (κ2) is 4.66. The molecule has 0 aliphatic carbocycles. The number of aryl methyl sites for hydroxylation is 1. The molecule has 1 fully saturated rings. The van der Waals surface area contributed by atoms with Gasteiger partial charge < -0.3 is 10.0 Å². The lowest BCUT2D eigenvalue weighted by Gasteiger charge is -2.29. The summed E-state index contributed by atoms with van der Waals surface area (Å²) in [5.41, 5.74) is 2.41. The van der Waals surface area contributed by atoms with Gasteiger partial charge in [-0.25, -0.2) is 4.98 Å². The highest BCUT2D eigenvalue weighted by Gasteiger charge is 2.25. The molecule has 19 heavy (non-hydrogen) atoms. The fourth-order valence-electron chi connectivity index (χ4n) is 2.55. The Morgan fingerprint density at radius 1 is 1.47 bits per heavy atom. The van der Waals surface area contributed by atoms with Gasteiger partial charge in [-0.05, 0) is 31.4 Å². The molecule has 0 aromatic carbocycles. The van der Waals surface area contributed by atoms with Gasteiger partial charge in [-0.15, -0.1) is 0 Å². The van der Waals surface area contributed by atoms with Crippen LogP contribution in [0.25, 0.3) is 5.65 Å². The molecule has 1 amide bonds. The zero-order valence-corrected chi connectivity index (χ0v) is 10.9. The molecule has 1 atom stereocenters. The number of rotatable bonds is 1. The minimum Gasteiger partial charge on any atom is -0.391 e. The molecule has 100 valence electrons. The first-order valence-corrected chi connectivity index (χ1v) is 6.56. The van der Waals surface area contributed by atoms with Gasteiger partial charge in [-0.3, -0.25) is 9.20 Å². The number of hydrogen-bond donors (Lipinski definition) is 1. The van der Waals surface area contributed by atoms with E-state index in [-0.39, 0.29) is 5.91 Å². The maximum atomic E-state index is 12.5. The molecule has 0 bridgehead atoms. The first-order valence-electron chi connectivity index (χ1n) is 6.56. The number of carbonyl (C=O) groups excluding carboxylic acids is 1. The van der Waals surface area contributed by atoms with Crippen molar-refractivity contribution in [3.8, 4) is 0 Å². The molecule has 0 spiro atoms. The fraction of sp³-hybridized carbons (Fsp3) is 0.429. The number of pyridine rings is 1. The summed E-state index contributed by atoms with van der Waals surface area (Å²) in [6.07, 6.45) is 4.74. The predicted octanol–water partition coefficient (Wildman–Crippen LogP) is 1.24. The molecule has 1 aliphatic rings. The first kappa shape index (κ1) is 12.2. The molecule has 5 nitrogen and oxygen atoms in total. The van der Waals surface area contributed by atoms with Gasteiger partial charge in [0, 0.05) is 19.3 Å². The molecule has 2 aromatic rings. The number of aliphatic hydroxyl groups excluding tert-OH is 1. The normalized spacial score (nSPS) is 19.9. The lowest BCUT2D eigenvalue weighted by molar-refractivity contribution is 0.0468. The lowest BCUT2D eigenvalue weighted by Crippen LogP contribution is -2.42. The van der Waals surface area contributed by atoms with Crippen LogP contribution >= 0.6 is 0 Å². The summed E-state index contributed by atoms with van der Waals surface area (Å²) < 4.78 is 1.82. The highest BCUT2D eigenvalue weighted by Crippen LogP contribution is 2.15. The van der Waals surface area contributed by atoms with E-state index in [2.05, 4.69) is 4.98 Å². The van der Waals surface area contributed by atoms with E-state index in [1.807, 2.05) is 29.7 Å². The van der Waals surface area contributed by atoms with Crippen molar-refractivity contribution in [1.82, 2.24) is 14.3 Å². The van der Waals surface area contributed by atoms with Gasteiger partial charge in [0.05, 0.1) is 12.3 Å². The number of amides is 1. The SMILES string of the molecule is Cc1ccc2ncc(C(=O)N3CCCC(O)C3)n2c1. The smallest absolute Gasteiger partial charge is 0.272 e. The van der Waals surface area contributed by atoms with Gasteiger partial charge in [0.1, 0.15) is 11.3 Å². The minimum absolute atomic E-state index is 0.0585. The van der Waals surface area contributed by atoms with Crippen LogP contribution in [0, 0.1) is 6.92 Å². The molecule has 1 aliphatic heterocycles. The highest BCUT2D eigenvalue weighted by atomic mass is 16.3. The number of nitrogens with zero attached hydrogens (tertiary/aromatic N) is 3. The Balaban J connectivity index is 1.95. The highest BCUT2D eigenvalue weighted by molar-refractivity contribution is 5.93. The van der Waals surface area contributed by atoms with E-state index < -0.39 is 6.10 Å². The minimum atomic E-state index is -0.404. The van der Waals surface area contributed by atoms with Crippen LogP contribution in [-0.4, -0.2) is 44.5 Å². The van der Waals surface area contributed by atoms with Crippen LogP contribution in [0.1, 0.15) is 28.9 Å². The molecule has 3 rings (SSSR count). The summed E-state index contributed by atoms with van der Waals surface area (Å²) in [6, 6.07) is 3.87. The van der Waals surface area contributed by atoms with Crippen molar-refractivity contribution in [2.75, 3.05) is 13.1 Å². The molecule has 0 radical (unpaired) electrons. The summed E-state index contributed by atoms with van der Waals surface area (Å²) in [5, 5.41) is 9.67. The Hall–Kier alpha value is -1.88. The number of β-amino-alcohol motifs (C(OH)–C–C–N with tert-alkyl or cyclic N) is 1. The van der Waals surface area contributed by atoms with Crippen molar-refractivity contribution in [3.63, 3.8) is 0 Å². The number of aromatic nitrogens is 2. The zero-order chi connectivity index (χ0) is 13.4. The van der Waals surface area contributed by atoms with Crippen LogP contribution in [0.5, 0.6) is 0 Å². The van der Waals surface area contributed by atoms with Crippen LogP contribution in [0.4, 0.5) is 0 Å². The number of piperidine rings is 1. The van der Waals surface area contributed by atoms with Crippen LogP contribution < -0.4 is 0 Å². The molecule has 5 heteroatoms. The molecular formula is C14H17N3O2. The molecular weight excluding hydrogens is 242 g/mol. The number of fused-ring (bicyclic) bond motifs is 1. The standard InChI is InChI=1S/C14H17N3O2/c1-10-4-5-13-15-7-12(17(13)8-10)14(19)16-6-2-3-11(18)9-16/h4-5,7-8,11,18H,2-3,6,9H2,1H3.